The summed E-state index contributed by atoms with van der Waals surface area (Å²) in [5.74, 6) is 0. The van der Waals surface area contributed by atoms with Crippen LogP contribution in [0.1, 0.15) is 17.0 Å². The Morgan fingerprint density at radius 3 is 2.28 bits per heavy atom. The largest absolute Gasteiger partial charge is 0.381 e. The van der Waals surface area contributed by atoms with Crippen molar-refractivity contribution in [1.29, 1.82) is 0 Å². The molecule has 0 aliphatic rings. The van der Waals surface area contributed by atoms with Crippen LogP contribution in [0, 0.1) is 13.8 Å². The molecule has 18 heavy (non-hydrogen) atoms. The highest BCUT2D eigenvalue weighted by Gasteiger charge is 2.09. The van der Waals surface area contributed by atoms with Crippen LogP contribution in [0.4, 0.5) is 5.69 Å². The first-order chi connectivity index (χ1) is 8.47. The van der Waals surface area contributed by atoms with Crippen LogP contribution < -0.4 is 5.32 Å². The van der Waals surface area contributed by atoms with Crippen molar-refractivity contribution in [3.8, 4) is 0 Å². The second-order valence-electron chi connectivity index (χ2n) is 4.28. The van der Waals surface area contributed by atoms with Gasteiger partial charge in [0.15, 0.2) is 0 Å². The Kier molecular flexibility index (Phi) is 3.83. The molecule has 0 spiro atoms. The van der Waals surface area contributed by atoms with E-state index in [9.17, 15) is 0 Å². The Morgan fingerprint density at radius 1 is 1.17 bits per heavy atom. The van der Waals surface area contributed by atoms with Gasteiger partial charge >= 0.3 is 0 Å². The highest BCUT2D eigenvalue weighted by Crippen LogP contribution is 2.23. The standard InChI is InChI=1S/C13H15Cl2N3/c1-8-13(9(2)18(3)17-8)7-16-12-5-10(14)4-11(15)6-12/h4-6,16H,7H2,1-3H3. The van der Waals surface area contributed by atoms with Gasteiger partial charge in [0.2, 0.25) is 0 Å². The van der Waals surface area contributed by atoms with E-state index in [1.807, 2.05) is 30.8 Å². The minimum atomic E-state index is 0.629. The number of nitrogens with zero attached hydrogens (tertiary/aromatic N) is 2. The van der Waals surface area contributed by atoms with Gasteiger partial charge in [0.25, 0.3) is 0 Å². The van der Waals surface area contributed by atoms with E-state index in [2.05, 4.69) is 17.3 Å². The lowest BCUT2D eigenvalue weighted by molar-refractivity contribution is 0.730. The summed E-state index contributed by atoms with van der Waals surface area (Å²) in [5, 5.41) is 8.96. The van der Waals surface area contributed by atoms with Crippen LogP contribution in [0.2, 0.25) is 10.0 Å². The van der Waals surface area contributed by atoms with E-state index in [4.69, 9.17) is 23.2 Å². The van der Waals surface area contributed by atoms with Crippen molar-refractivity contribution in [2.45, 2.75) is 20.4 Å². The van der Waals surface area contributed by atoms with E-state index in [1.54, 1.807) is 6.07 Å². The van der Waals surface area contributed by atoms with Gasteiger partial charge in [-0.2, -0.15) is 5.10 Å². The second-order valence-corrected chi connectivity index (χ2v) is 5.16. The van der Waals surface area contributed by atoms with Crippen LogP contribution in [-0.4, -0.2) is 9.78 Å². The van der Waals surface area contributed by atoms with E-state index < -0.39 is 0 Å². The molecule has 0 aliphatic carbocycles. The summed E-state index contributed by atoms with van der Waals surface area (Å²) in [7, 11) is 1.95. The molecule has 0 saturated carbocycles. The Labute approximate surface area is 117 Å². The first-order valence-corrected chi connectivity index (χ1v) is 6.42. The molecule has 0 unspecified atom stereocenters. The zero-order chi connectivity index (χ0) is 13.3. The van der Waals surface area contributed by atoms with Crippen LogP contribution in [0.3, 0.4) is 0 Å². The molecule has 1 aromatic heterocycles. The maximum atomic E-state index is 5.96. The zero-order valence-electron chi connectivity index (χ0n) is 10.6. The average molecular weight is 284 g/mol. The first kappa shape index (κ1) is 13.2. The number of halogens is 2. The minimum absolute atomic E-state index is 0.629. The summed E-state index contributed by atoms with van der Waals surface area (Å²) >= 11 is 11.9. The van der Waals surface area contributed by atoms with Gasteiger partial charge in [0, 0.05) is 40.6 Å². The van der Waals surface area contributed by atoms with Gasteiger partial charge in [-0.25, -0.2) is 0 Å². The first-order valence-electron chi connectivity index (χ1n) is 5.66. The number of aromatic nitrogens is 2. The third kappa shape index (κ3) is 2.79. The lowest BCUT2D eigenvalue weighted by Gasteiger charge is -2.08. The summed E-state index contributed by atoms with van der Waals surface area (Å²) in [6.45, 7) is 4.78. The summed E-state index contributed by atoms with van der Waals surface area (Å²) < 4.78 is 1.89. The third-order valence-corrected chi connectivity index (χ3v) is 3.43. The van der Waals surface area contributed by atoms with Crippen LogP contribution in [0.25, 0.3) is 0 Å². The van der Waals surface area contributed by atoms with E-state index in [1.165, 1.54) is 5.56 Å². The summed E-state index contributed by atoms with van der Waals surface area (Å²) in [6.07, 6.45) is 0. The molecular formula is C13H15Cl2N3. The lowest BCUT2D eigenvalue weighted by Crippen LogP contribution is -2.02. The molecule has 0 bridgehead atoms. The van der Waals surface area contributed by atoms with Crippen LogP contribution >= 0.6 is 23.2 Å². The van der Waals surface area contributed by atoms with Gasteiger partial charge < -0.3 is 5.32 Å². The normalized spacial score (nSPS) is 10.7. The smallest absolute Gasteiger partial charge is 0.0646 e. The molecule has 0 aliphatic heterocycles. The van der Waals surface area contributed by atoms with Crippen molar-refractivity contribution >= 4 is 28.9 Å². The number of hydrogen-bond acceptors (Lipinski definition) is 2. The molecule has 2 rings (SSSR count). The van der Waals surface area contributed by atoms with Gasteiger partial charge in [0.05, 0.1) is 5.69 Å². The van der Waals surface area contributed by atoms with Gasteiger partial charge in [-0.15, -0.1) is 0 Å². The lowest BCUT2D eigenvalue weighted by atomic mass is 10.2. The molecule has 0 saturated heterocycles. The van der Waals surface area contributed by atoms with Crippen molar-refractivity contribution in [1.82, 2.24) is 9.78 Å². The summed E-state index contributed by atoms with van der Waals surface area (Å²) in [4.78, 5) is 0. The fraction of sp³-hybridized carbons (Fsp3) is 0.308. The second kappa shape index (κ2) is 5.21. The van der Waals surface area contributed by atoms with Gasteiger partial charge in [0.1, 0.15) is 0 Å². The fourth-order valence-corrected chi connectivity index (χ4v) is 2.45. The molecule has 0 radical (unpaired) electrons. The molecular weight excluding hydrogens is 269 g/mol. The quantitative estimate of drug-likeness (QED) is 0.924. The van der Waals surface area contributed by atoms with Crippen molar-refractivity contribution in [3.05, 3.63) is 45.2 Å². The highest BCUT2D eigenvalue weighted by molar-refractivity contribution is 6.35. The average Bonchev–Trinajstić information content (AvgIpc) is 2.50. The van der Waals surface area contributed by atoms with Gasteiger partial charge in [-0.05, 0) is 32.0 Å². The van der Waals surface area contributed by atoms with E-state index in [0.29, 0.717) is 16.6 Å². The van der Waals surface area contributed by atoms with Crippen LogP contribution in [0.15, 0.2) is 18.2 Å². The maximum Gasteiger partial charge on any atom is 0.0646 e. The predicted molar refractivity (Wildman–Crippen MR) is 76.5 cm³/mol. The van der Waals surface area contributed by atoms with Gasteiger partial charge in [-0.3, -0.25) is 4.68 Å². The summed E-state index contributed by atoms with van der Waals surface area (Å²) in [5.41, 5.74) is 4.31. The predicted octanol–water partition coefficient (Wildman–Crippen LogP) is 3.96. The highest BCUT2D eigenvalue weighted by atomic mass is 35.5. The molecule has 5 heteroatoms. The van der Waals surface area contributed by atoms with E-state index in [-0.39, 0.29) is 0 Å². The molecule has 3 nitrogen and oxygen atoms in total. The maximum absolute atomic E-state index is 5.96. The minimum Gasteiger partial charge on any atom is -0.381 e. The van der Waals surface area contributed by atoms with E-state index in [0.717, 1.165) is 17.1 Å². The molecule has 1 N–H and O–H groups in total. The Bertz CT molecular complexity index is 556. The molecule has 2 aromatic rings. The van der Waals surface area contributed by atoms with Gasteiger partial charge in [-0.1, -0.05) is 23.2 Å². The molecule has 0 atom stereocenters. The number of nitrogens with one attached hydrogen (secondary N) is 1. The van der Waals surface area contributed by atoms with Crippen molar-refractivity contribution in [2.75, 3.05) is 5.32 Å². The topological polar surface area (TPSA) is 29.9 Å². The Morgan fingerprint density at radius 2 is 1.78 bits per heavy atom. The summed E-state index contributed by atoms with van der Waals surface area (Å²) in [6, 6.07) is 5.43. The SMILES string of the molecule is Cc1nn(C)c(C)c1CNc1cc(Cl)cc(Cl)c1. The molecule has 0 amide bonds. The number of aryl methyl sites for hydroxylation is 2. The Hall–Kier alpha value is -1.19. The number of rotatable bonds is 3. The van der Waals surface area contributed by atoms with Crippen molar-refractivity contribution in [2.24, 2.45) is 7.05 Å². The molecule has 96 valence electrons. The fourth-order valence-electron chi connectivity index (χ4n) is 1.92. The zero-order valence-corrected chi connectivity index (χ0v) is 12.1. The van der Waals surface area contributed by atoms with Crippen molar-refractivity contribution < 1.29 is 0 Å². The van der Waals surface area contributed by atoms with Crippen molar-refractivity contribution in [3.63, 3.8) is 0 Å². The third-order valence-electron chi connectivity index (χ3n) is 2.99. The number of hydrogen-bond donors (Lipinski definition) is 1. The van der Waals surface area contributed by atoms with Crippen LogP contribution in [-0.2, 0) is 13.6 Å². The number of anilines is 1. The molecule has 1 aromatic carbocycles. The van der Waals surface area contributed by atoms with E-state index >= 15 is 0 Å². The van der Waals surface area contributed by atoms with Crippen LogP contribution in [0.5, 0.6) is 0 Å². The Balaban J connectivity index is 2.16. The molecule has 1 heterocycles. The monoisotopic (exact) mass is 283 g/mol. The number of benzene rings is 1. The molecule has 0 fully saturated rings.